The second kappa shape index (κ2) is 12.0. The standard InChI is InChI=1S/C23H38N4O2/c1-2-3-4-21(28)27-17-19-7-5-18(6-8-19)9-12-24-14-15-26-23-22-20(10-13-25-23)11-16-29-22/h10,13,18-19,24H,2-9,11-12,14-17H2,1H3,(H,25,26)(H,27,28). The number of nitrogens with one attached hydrogen (secondary N) is 3. The van der Waals surface area contributed by atoms with E-state index in [2.05, 4.69) is 27.9 Å². The van der Waals surface area contributed by atoms with Gasteiger partial charge in [0, 0.05) is 44.2 Å². The number of amides is 1. The van der Waals surface area contributed by atoms with Gasteiger partial charge in [-0.1, -0.05) is 26.2 Å². The third kappa shape index (κ3) is 7.18. The summed E-state index contributed by atoms with van der Waals surface area (Å²) >= 11 is 0. The molecule has 0 unspecified atom stereocenters. The lowest BCUT2D eigenvalue weighted by Crippen LogP contribution is -2.31. The number of pyridine rings is 1. The summed E-state index contributed by atoms with van der Waals surface area (Å²) in [5, 5.41) is 10.1. The highest BCUT2D eigenvalue weighted by Gasteiger charge is 2.21. The Balaban J connectivity index is 1.20. The largest absolute Gasteiger partial charge is 0.489 e. The Morgan fingerprint density at radius 3 is 2.83 bits per heavy atom. The van der Waals surface area contributed by atoms with Crippen molar-refractivity contribution in [3.05, 3.63) is 17.8 Å². The third-order valence-corrected chi connectivity index (χ3v) is 6.24. The van der Waals surface area contributed by atoms with Crippen LogP contribution in [0.1, 0.15) is 63.9 Å². The number of fused-ring (bicyclic) bond motifs is 1. The molecule has 6 heteroatoms. The van der Waals surface area contributed by atoms with Gasteiger partial charge >= 0.3 is 0 Å². The quantitative estimate of drug-likeness (QED) is 0.467. The molecular weight excluding hydrogens is 364 g/mol. The molecule has 1 aromatic heterocycles. The summed E-state index contributed by atoms with van der Waals surface area (Å²) in [6.07, 6.45) is 12.0. The lowest BCUT2D eigenvalue weighted by Gasteiger charge is -2.28. The van der Waals surface area contributed by atoms with Crippen molar-refractivity contribution in [3.63, 3.8) is 0 Å². The molecule has 1 aromatic rings. The molecule has 2 aliphatic rings. The lowest BCUT2D eigenvalue weighted by molar-refractivity contribution is -0.121. The van der Waals surface area contributed by atoms with Crippen molar-refractivity contribution in [3.8, 4) is 5.75 Å². The van der Waals surface area contributed by atoms with Crippen molar-refractivity contribution >= 4 is 11.7 Å². The van der Waals surface area contributed by atoms with Gasteiger partial charge in [-0.2, -0.15) is 0 Å². The Labute approximate surface area is 175 Å². The van der Waals surface area contributed by atoms with Crippen LogP contribution >= 0.6 is 0 Å². The molecule has 2 heterocycles. The molecule has 1 aliphatic heterocycles. The van der Waals surface area contributed by atoms with Crippen molar-refractivity contribution in [1.29, 1.82) is 0 Å². The summed E-state index contributed by atoms with van der Waals surface area (Å²) < 4.78 is 5.67. The molecule has 1 fully saturated rings. The van der Waals surface area contributed by atoms with Crippen LogP contribution in [-0.4, -0.2) is 43.7 Å². The Hall–Kier alpha value is -1.82. The minimum atomic E-state index is 0.231. The van der Waals surface area contributed by atoms with Gasteiger partial charge in [-0.15, -0.1) is 0 Å². The van der Waals surface area contributed by atoms with E-state index in [1.807, 2.05) is 12.3 Å². The van der Waals surface area contributed by atoms with Crippen LogP contribution in [-0.2, 0) is 11.2 Å². The topological polar surface area (TPSA) is 75.3 Å². The van der Waals surface area contributed by atoms with Crippen LogP contribution < -0.4 is 20.7 Å². The molecule has 0 bridgehead atoms. The molecule has 0 aromatic carbocycles. The van der Waals surface area contributed by atoms with Crippen molar-refractivity contribution in [2.45, 2.75) is 64.7 Å². The van der Waals surface area contributed by atoms with Crippen LogP contribution in [0.15, 0.2) is 12.3 Å². The van der Waals surface area contributed by atoms with E-state index in [4.69, 9.17) is 4.74 Å². The van der Waals surface area contributed by atoms with Crippen LogP contribution in [0.2, 0.25) is 0 Å². The van der Waals surface area contributed by atoms with Gasteiger partial charge in [0.25, 0.3) is 0 Å². The van der Waals surface area contributed by atoms with Crippen LogP contribution in [0.25, 0.3) is 0 Å². The average Bonchev–Trinajstić information content (AvgIpc) is 3.23. The van der Waals surface area contributed by atoms with Crippen LogP contribution in [0.5, 0.6) is 5.75 Å². The number of rotatable bonds is 12. The first-order valence-electron chi connectivity index (χ1n) is 11.6. The van der Waals surface area contributed by atoms with Gasteiger partial charge in [0.1, 0.15) is 0 Å². The predicted molar refractivity (Wildman–Crippen MR) is 117 cm³/mol. The Bertz CT molecular complexity index is 629. The number of hydrogen-bond acceptors (Lipinski definition) is 5. The summed E-state index contributed by atoms with van der Waals surface area (Å²) in [7, 11) is 0. The monoisotopic (exact) mass is 402 g/mol. The maximum atomic E-state index is 11.7. The Morgan fingerprint density at radius 1 is 1.17 bits per heavy atom. The number of nitrogens with zero attached hydrogens (tertiary/aromatic N) is 1. The van der Waals surface area contributed by atoms with E-state index in [1.165, 1.54) is 37.7 Å². The maximum Gasteiger partial charge on any atom is 0.220 e. The molecule has 0 atom stereocenters. The summed E-state index contributed by atoms with van der Waals surface area (Å²) in [4.78, 5) is 16.1. The molecule has 0 saturated heterocycles. The summed E-state index contributed by atoms with van der Waals surface area (Å²) in [5.41, 5.74) is 1.26. The average molecular weight is 403 g/mol. The van der Waals surface area contributed by atoms with E-state index in [0.717, 1.165) is 69.5 Å². The number of aromatic nitrogens is 1. The van der Waals surface area contributed by atoms with Crippen LogP contribution in [0.4, 0.5) is 5.82 Å². The normalized spacial score (nSPS) is 20.7. The van der Waals surface area contributed by atoms with Gasteiger partial charge in [0.05, 0.1) is 6.61 Å². The van der Waals surface area contributed by atoms with Gasteiger partial charge in [-0.05, 0) is 50.1 Å². The second-order valence-corrected chi connectivity index (χ2v) is 8.51. The SMILES string of the molecule is CCCCC(=O)NCC1CCC(CCNCCNc2nccc3c2OCC3)CC1. The fourth-order valence-electron chi connectivity index (χ4n) is 4.34. The first kappa shape index (κ1) is 21.9. The van der Waals surface area contributed by atoms with Crippen LogP contribution in [0, 0.1) is 11.8 Å². The minimum Gasteiger partial charge on any atom is -0.489 e. The van der Waals surface area contributed by atoms with Gasteiger partial charge in [-0.3, -0.25) is 4.79 Å². The number of hydrogen-bond donors (Lipinski definition) is 3. The van der Waals surface area contributed by atoms with E-state index < -0.39 is 0 Å². The Morgan fingerprint density at radius 2 is 2.00 bits per heavy atom. The van der Waals surface area contributed by atoms with Crippen molar-refractivity contribution in [2.75, 3.05) is 38.1 Å². The van der Waals surface area contributed by atoms with Gasteiger partial charge in [0.15, 0.2) is 11.6 Å². The highest BCUT2D eigenvalue weighted by Crippen LogP contribution is 2.31. The van der Waals surface area contributed by atoms with Crippen molar-refractivity contribution in [2.24, 2.45) is 11.8 Å². The molecule has 1 saturated carbocycles. The molecule has 6 nitrogen and oxygen atoms in total. The molecule has 0 radical (unpaired) electrons. The highest BCUT2D eigenvalue weighted by molar-refractivity contribution is 5.75. The van der Waals surface area contributed by atoms with E-state index in [0.29, 0.717) is 12.3 Å². The molecule has 29 heavy (non-hydrogen) atoms. The van der Waals surface area contributed by atoms with Gasteiger partial charge in [-0.25, -0.2) is 4.98 Å². The third-order valence-electron chi connectivity index (χ3n) is 6.24. The zero-order valence-corrected chi connectivity index (χ0v) is 18.0. The fourth-order valence-corrected chi connectivity index (χ4v) is 4.34. The molecule has 0 spiro atoms. The maximum absolute atomic E-state index is 11.7. The predicted octanol–water partition coefficient (Wildman–Crippen LogP) is 3.52. The number of carbonyl (C=O) groups excluding carboxylic acids is 1. The highest BCUT2D eigenvalue weighted by atomic mass is 16.5. The number of carbonyl (C=O) groups is 1. The summed E-state index contributed by atoms with van der Waals surface area (Å²) in [6, 6.07) is 2.04. The molecule has 1 aliphatic carbocycles. The number of anilines is 1. The number of ether oxygens (including phenoxy) is 1. The molecule has 162 valence electrons. The first-order valence-corrected chi connectivity index (χ1v) is 11.6. The first-order chi connectivity index (χ1) is 14.3. The van der Waals surface area contributed by atoms with Gasteiger partial charge < -0.3 is 20.7 Å². The van der Waals surface area contributed by atoms with Crippen molar-refractivity contribution < 1.29 is 9.53 Å². The van der Waals surface area contributed by atoms with Crippen LogP contribution in [0.3, 0.4) is 0 Å². The van der Waals surface area contributed by atoms with E-state index in [1.54, 1.807) is 0 Å². The summed E-state index contributed by atoms with van der Waals surface area (Å²) in [6.45, 7) is 6.63. The zero-order chi connectivity index (χ0) is 20.3. The molecule has 1 amide bonds. The lowest BCUT2D eigenvalue weighted by atomic mass is 9.80. The molecule has 3 N–H and O–H groups in total. The fraction of sp³-hybridized carbons (Fsp3) is 0.739. The smallest absolute Gasteiger partial charge is 0.220 e. The van der Waals surface area contributed by atoms with Gasteiger partial charge in [0.2, 0.25) is 5.91 Å². The second-order valence-electron chi connectivity index (χ2n) is 8.51. The Kier molecular flexibility index (Phi) is 9.06. The number of unbranched alkanes of at least 4 members (excludes halogenated alkanes) is 1. The van der Waals surface area contributed by atoms with E-state index in [-0.39, 0.29) is 5.91 Å². The minimum absolute atomic E-state index is 0.231. The van der Waals surface area contributed by atoms with E-state index >= 15 is 0 Å². The zero-order valence-electron chi connectivity index (χ0n) is 18.0. The molecular formula is C23H38N4O2. The van der Waals surface area contributed by atoms with E-state index in [9.17, 15) is 4.79 Å². The van der Waals surface area contributed by atoms with Crippen molar-refractivity contribution in [1.82, 2.24) is 15.6 Å². The summed E-state index contributed by atoms with van der Waals surface area (Å²) in [5.74, 6) is 3.55. The molecule has 3 rings (SSSR count).